The molecule has 0 N–H and O–H groups in total. The lowest BCUT2D eigenvalue weighted by Crippen LogP contribution is -1.85. The van der Waals surface area contributed by atoms with Crippen LogP contribution in [0.2, 0.25) is 0 Å². The van der Waals surface area contributed by atoms with Crippen LogP contribution in [0.3, 0.4) is 0 Å². The fourth-order valence-electron chi connectivity index (χ4n) is 2.62. The standard InChI is InChI=1S/C20H16N2S2/c1-13-8-9-14(2)16(10-13)18-12-24-20(22-18)19-21-17(11-23-19)15-6-4-3-5-7-15/h3-12H,1-2H3. The van der Waals surface area contributed by atoms with Gasteiger partial charge in [-0.2, -0.15) is 0 Å². The number of rotatable bonds is 3. The van der Waals surface area contributed by atoms with Crippen LogP contribution in [0.5, 0.6) is 0 Å². The summed E-state index contributed by atoms with van der Waals surface area (Å²) in [5.74, 6) is 0. The fraction of sp³-hybridized carbons (Fsp3) is 0.100. The van der Waals surface area contributed by atoms with E-state index in [0.717, 1.165) is 27.0 Å². The number of nitrogens with zero attached hydrogens (tertiary/aromatic N) is 2. The highest BCUT2D eigenvalue weighted by Gasteiger charge is 2.12. The Morgan fingerprint density at radius 1 is 0.750 bits per heavy atom. The van der Waals surface area contributed by atoms with Gasteiger partial charge in [-0.25, -0.2) is 9.97 Å². The molecule has 0 saturated heterocycles. The van der Waals surface area contributed by atoms with Crippen molar-refractivity contribution in [2.75, 3.05) is 0 Å². The summed E-state index contributed by atoms with van der Waals surface area (Å²) in [6, 6.07) is 16.8. The van der Waals surface area contributed by atoms with Gasteiger partial charge in [0.2, 0.25) is 0 Å². The van der Waals surface area contributed by atoms with Gasteiger partial charge < -0.3 is 0 Å². The SMILES string of the molecule is Cc1ccc(C)c(-c2csc(-c3nc(-c4ccccc4)cs3)n2)c1. The second-order valence-electron chi connectivity index (χ2n) is 5.76. The minimum Gasteiger partial charge on any atom is -0.233 e. The van der Waals surface area contributed by atoms with Crippen LogP contribution in [-0.4, -0.2) is 9.97 Å². The third kappa shape index (κ3) is 2.90. The largest absolute Gasteiger partial charge is 0.233 e. The second kappa shape index (κ2) is 6.30. The van der Waals surface area contributed by atoms with Gasteiger partial charge >= 0.3 is 0 Å². The van der Waals surface area contributed by atoms with Crippen molar-refractivity contribution < 1.29 is 0 Å². The summed E-state index contributed by atoms with van der Waals surface area (Å²) >= 11 is 3.31. The average Bonchev–Trinajstić information content (AvgIpc) is 3.27. The predicted octanol–water partition coefficient (Wildman–Crippen LogP) is 6.22. The van der Waals surface area contributed by atoms with Gasteiger partial charge in [0.05, 0.1) is 11.4 Å². The number of aryl methyl sites for hydroxylation is 2. The summed E-state index contributed by atoms with van der Waals surface area (Å²) in [5, 5.41) is 6.19. The molecule has 4 rings (SSSR count). The normalized spacial score (nSPS) is 10.9. The van der Waals surface area contributed by atoms with Gasteiger partial charge in [-0.05, 0) is 25.5 Å². The van der Waals surface area contributed by atoms with E-state index in [1.165, 1.54) is 16.7 Å². The zero-order valence-electron chi connectivity index (χ0n) is 13.5. The molecule has 0 aliphatic heterocycles. The molecular weight excluding hydrogens is 332 g/mol. The molecule has 118 valence electrons. The molecule has 0 bridgehead atoms. The molecular formula is C20H16N2S2. The molecule has 0 spiro atoms. The first-order chi connectivity index (χ1) is 11.7. The zero-order valence-corrected chi connectivity index (χ0v) is 15.1. The first-order valence-corrected chi connectivity index (χ1v) is 9.51. The Balaban J connectivity index is 1.68. The molecule has 0 aliphatic rings. The molecule has 24 heavy (non-hydrogen) atoms. The fourth-order valence-corrected chi connectivity index (χ4v) is 4.32. The maximum absolute atomic E-state index is 4.83. The Bertz CT molecular complexity index is 984. The van der Waals surface area contributed by atoms with E-state index >= 15 is 0 Å². The molecule has 2 aromatic carbocycles. The highest BCUT2D eigenvalue weighted by molar-refractivity contribution is 7.20. The van der Waals surface area contributed by atoms with E-state index in [9.17, 15) is 0 Å². The first-order valence-electron chi connectivity index (χ1n) is 7.75. The van der Waals surface area contributed by atoms with E-state index < -0.39 is 0 Å². The van der Waals surface area contributed by atoms with E-state index in [2.05, 4.69) is 54.9 Å². The Morgan fingerprint density at radius 3 is 2.17 bits per heavy atom. The average molecular weight is 348 g/mol. The van der Waals surface area contributed by atoms with Crippen molar-refractivity contribution in [3.63, 3.8) is 0 Å². The number of benzene rings is 2. The van der Waals surface area contributed by atoms with Crippen molar-refractivity contribution in [2.24, 2.45) is 0 Å². The van der Waals surface area contributed by atoms with Gasteiger partial charge in [0, 0.05) is 21.9 Å². The van der Waals surface area contributed by atoms with Crippen LogP contribution < -0.4 is 0 Å². The lowest BCUT2D eigenvalue weighted by Gasteiger charge is -2.03. The lowest BCUT2D eigenvalue weighted by atomic mass is 10.0. The molecule has 2 aromatic heterocycles. The van der Waals surface area contributed by atoms with Crippen molar-refractivity contribution in [3.8, 4) is 32.5 Å². The zero-order chi connectivity index (χ0) is 16.5. The van der Waals surface area contributed by atoms with Gasteiger partial charge in [-0.15, -0.1) is 22.7 Å². The van der Waals surface area contributed by atoms with E-state index in [1.807, 2.05) is 18.2 Å². The molecule has 4 heteroatoms. The first kappa shape index (κ1) is 15.2. The van der Waals surface area contributed by atoms with E-state index in [4.69, 9.17) is 9.97 Å². The summed E-state index contributed by atoms with van der Waals surface area (Å²) in [6.45, 7) is 4.24. The van der Waals surface area contributed by atoms with Crippen LogP contribution in [0.15, 0.2) is 59.3 Å². The maximum Gasteiger partial charge on any atom is 0.152 e. The summed E-state index contributed by atoms with van der Waals surface area (Å²) in [6.07, 6.45) is 0. The van der Waals surface area contributed by atoms with Crippen molar-refractivity contribution in [1.29, 1.82) is 0 Å². The Labute approximate surface area is 149 Å². The molecule has 0 unspecified atom stereocenters. The molecule has 2 nitrogen and oxygen atoms in total. The van der Waals surface area contributed by atoms with Crippen LogP contribution in [0.4, 0.5) is 0 Å². The number of aromatic nitrogens is 2. The summed E-state index contributed by atoms with van der Waals surface area (Å²) < 4.78 is 0. The molecule has 4 aromatic rings. The van der Waals surface area contributed by atoms with Crippen molar-refractivity contribution in [1.82, 2.24) is 9.97 Å². The monoisotopic (exact) mass is 348 g/mol. The van der Waals surface area contributed by atoms with Crippen LogP contribution in [-0.2, 0) is 0 Å². The van der Waals surface area contributed by atoms with Crippen LogP contribution >= 0.6 is 22.7 Å². The molecule has 0 amide bonds. The van der Waals surface area contributed by atoms with E-state index in [1.54, 1.807) is 22.7 Å². The Kier molecular flexibility index (Phi) is 4.00. The highest BCUT2D eigenvalue weighted by atomic mass is 32.1. The molecule has 0 radical (unpaired) electrons. The minimum atomic E-state index is 0.982. The minimum absolute atomic E-state index is 0.982. The second-order valence-corrected chi connectivity index (χ2v) is 7.48. The van der Waals surface area contributed by atoms with Crippen LogP contribution in [0, 0.1) is 13.8 Å². The predicted molar refractivity (Wildman–Crippen MR) is 104 cm³/mol. The molecule has 0 saturated carbocycles. The van der Waals surface area contributed by atoms with Crippen molar-refractivity contribution in [2.45, 2.75) is 13.8 Å². The molecule has 0 fully saturated rings. The third-order valence-corrected chi connectivity index (χ3v) is 5.76. The summed E-state index contributed by atoms with van der Waals surface area (Å²) in [7, 11) is 0. The summed E-state index contributed by atoms with van der Waals surface area (Å²) in [4.78, 5) is 9.59. The van der Waals surface area contributed by atoms with Crippen molar-refractivity contribution in [3.05, 3.63) is 70.4 Å². The van der Waals surface area contributed by atoms with Gasteiger partial charge in [-0.1, -0.05) is 48.0 Å². The van der Waals surface area contributed by atoms with Gasteiger partial charge in [-0.3, -0.25) is 0 Å². The number of hydrogen-bond acceptors (Lipinski definition) is 4. The number of hydrogen-bond donors (Lipinski definition) is 0. The Hall–Kier alpha value is -2.30. The van der Waals surface area contributed by atoms with Crippen LogP contribution in [0.25, 0.3) is 32.5 Å². The van der Waals surface area contributed by atoms with Gasteiger partial charge in [0.25, 0.3) is 0 Å². The van der Waals surface area contributed by atoms with E-state index in [0.29, 0.717) is 0 Å². The third-order valence-electron chi connectivity index (χ3n) is 3.93. The lowest BCUT2D eigenvalue weighted by molar-refractivity contribution is 1.32. The topological polar surface area (TPSA) is 25.8 Å². The number of thiazole rings is 2. The van der Waals surface area contributed by atoms with Crippen LogP contribution in [0.1, 0.15) is 11.1 Å². The maximum atomic E-state index is 4.83. The van der Waals surface area contributed by atoms with Crippen molar-refractivity contribution >= 4 is 22.7 Å². The van der Waals surface area contributed by atoms with Gasteiger partial charge in [0.15, 0.2) is 10.0 Å². The highest BCUT2D eigenvalue weighted by Crippen LogP contribution is 2.34. The molecule has 2 heterocycles. The smallest absolute Gasteiger partial charge is 0.152 e. The molecule has 0 aliphatic carbocycles. The molecule has 0 atom stereocenters. The van der Waals surface area contributed by atoms with E-state index in [-0.39, 0.29) is 0 Å². The van der Waals surface area contributed by atoms with Gasteiger partial charge in [0.1, 0.15) is 0 Å². The summed E-state index contributed by atoms with van der Waals surface area (Å²) in [5.41, 5.74) is 6.91. The Morgan fingerprint density at radius 2 is 1.42 bits per heavy atom. The quantitative estimate of drug-likeness (QED) is 0.439.